The van der Waals surface area contributed by atoms with E-state index >= 15 is 0 Å². The molecule has 6 heteroatoms. The Kier molecular flexibility index (Phi) is 3.88. The zero-order chi connectivity index (χ0) is 10.8. The summed E-state index contributed by atoms with van der Waals surface area (Å²) in [5.74, 6) is 0. The van der Waals surface area contributed by atoms with Crippen LogP contribution in [0.25, 0.3) is 0 Å². The summed E-state index contributed by atoms with van der Waals surface area (Å²) in [6.45, 7) is 4.08. The van der Waals surface area contributed by atoms with Gasteiger partial charge in [0.15, 0.2) is 0 Å². The van der Waals surface area contributed by atoms with E-state index < -0.39 is 10.2 Å². The number of hydrogen-bond acceptors (Lipinski definition) is 3. The minimum absolute atomic E-state index is 0.118. The Morgan fingerprint density at radius 2 is 2.07 bits per heavy atom. The van der Waals surface area contributed by atoms with Gasteiger partial charge in [-0.1, -0.05) is 6.92 Å². The fourth-order valence-electron chi connectivity index (χ4n) is 1.70. The zero-order valence-corrected chi connectivity index (χ0v) is 9.84. The maximum atomic E-state index is 11.9. The molecular formula is C8H19N3O2S. The Morgan fingerprint density at radius 3 is 2.43 bits per heavy atom. The van der Waals surface area contributed by atoms with Crippen LogP contribution in [0, 0.1) is 0 Å². The highest BCUT2D eigenvalue weighted by molar-refractivity contribution is 7.86. The topological polar surface area (TPSA) is 52.7 Å². The van der Waals surface area contributed by atoms with Crippen molar-refractivity contribution in [3.05, 3.63) is 0 Å². The molecule has 1 unspecified atom stereocenters. The lowest BCUT2D eigenvalue weighted by Gasteiger charge is -2.28. The van der Waals surface area contributed by atoms with Gasteiger partial charge in [-0.25, -0.2) is 0 Å². The highest BCUT2D eigenvalue weighted by Gasteiger charge is 2.31. The lowest BCUT2D eigenvalue weighted by molar-refractivity contribution is 0.324. The van der Waals surface area contributed by atoms with Crippen molar-refractivity contribution in [2.24, 2.45) is 0 Å². The maximum Gasteiger partial charge on any atom is 0.281 e. The van der Waals surface area contributed by atoms with Crippen molar-refractivity contribution >= 4 is 10.2 Å². The molecule has 0 saturated carbocycles. The highest BCUT2D eigenvalue weighted by Crippen LogP contribution is 2.14. The van der Waals surface area contributed by atoms with Crippen molar-refractivity contribution in [1.29, 1.82) is 0 Å². The number of likely N-dealkylation sites (N-methyl/N-ethyl adjacent to an activating group) is 1. The molecule has 84 valence electrons. The van der Waals surface area contributed by atoms with Crippen LogP contribution in [0.1, 0.15) is 13.3 Å². The molecule has 0 aliphatic carbocycles. The summed E-state index contributed by atoms with van der Waals surface area (Å²) in [4.78, 5) is 0. The lowest BCUT2D eigenvalue weighted by atomic mass is 10.3. The van der Waals surface area contributed by atoms with Crippen molar-refractivity contribution < 1.29 is 8.42 Å². The molecule has 1 heterocycles. The molecule has 1 N–H and O–H groups in total. The van der Waals surface area contributed by atoms with Gasteiger partial charge in [-0.15, -0.1) is 0 Å². The number of hydrogen-bond donors (Lipinski definition) is 1. The van der Waals surface area contributed by atoms with Crippen LogP contribution in [0.4, 0.5) is 0 Å². The van der Waals surface area contributed by atoms with E-state index in [2.05, 4.69) is 5.32 Å². The van der Waals surface area contributed by atoms with Crippen molar-refractivity contribution in [2.75, 3.05) is 33.7 Å². The molecular weight excluding hydrogens is 202 g/mol. The molecule has 0 aromatic heterocycles. The molecule has 0 spiro atoms. The third kappa shape index (κ3) is 2.25. The second-order valence-corrected chi connectivity index (χ2v) is 5.74. The van der Waals surface area contributed by atoms with E-state index in [9.17, 15) is 8.42 Å². The normalized spacial score (nSPS) is 23.6. The third-order valence-electron chi connectivity index (χ3n) is 2.51. The third-order valence-corrected chi connectivity index (χ3v) is 4.58. The molecule has 0 amide bonds. The predicted molar refractivity (Wildman–Crippen MR) is 56.3 cm³/mol. The minimum atomic E-state index is -3.25. The summed E-state index contributed by atoms with van der Waals surface area (Å²) in [5.41, 5.74) is 0. The number of rotatable bonds is 4. The molecule has 0 aromatic rings. The quantitative estimate of drug-likeness (QED) is 0.695. The fraction of sp³-hybridized carbons (Fsp3) is 1.00. The molecule has 1 fully saturated rings. The predicted octanol–water partition coefficient (Wildman–Crippen LogP) is -0.523. The first-order valence-corrected chi connectivity index (χ1v) is 6.30. The van der Waals surface area contributed by atoms with Gasteiger partial charge in [0.05, 0.1) is 0 Å². The molecule has 0 bridgehead atoms. The summed E-state index contributed by atoms with van der Waals surface area (Å²) in [7, 11) is -0.106. The zero-order valence-electron chi connectivity index (χ0n) is 9.02. The van der Waals surface area contributed by atoms with Crippen molar-refractivity contribution in [1.82, 2.24) is 13.9 Å². The summed E-state index contributed by atoms with van der Waals surface area (Å²) in [6.07, 6.45) is 0.904. The largest absolute Gasteiger partial charge is 0.315 e. The average molecular weight is 221 g/mol. The fourth-order valence-corrected chi connectivity index (χ4v) is 3.01. The first kappa shape index (κ1) is 11.9. The monoisotopic (exact) mass is 221 g/mol. The molecule has 5 nitrogen and oxygen atoms in total. The highest BCUT2D eigenvalue weighted by atomic mass is 32.2. The average Bonchev–Trinajstić information content (AvgIpc) is 2.57. The van der Waals surface area contributed by atoms with Crippen LogP contribution in [0.2, 0.25) is 0 Å². The van der Waals surface area contributed by atoms with Gasteiger partial charge in [0.2, 0.25) is 0 Å². The number of nitrogens with zero attached hydrogens (tertiary/aromatic N) is 2. The van der Waals surface area contributed by atoms with Crippen LogP contribution < -0.4 is 5.32 Å². The summed E-state index contributed by atoms with van der Waals surface area (Å²) in [5, 5.41) is 3.17. The maximum absolute atomic E-state index is 11.9. The van der Waals surface area contributed by atoms with Gasteiger partial charge < -0.3 is 5.32 Å². The second-order valence-electron chi connectivity index (χ2n) is 3.64. The van der Waals surface area contributed by atoms with Crippen LogP contribution in [-0.2, 0) is 10.2 Å². The molecule has 1 atom stereocenters. The smallest absolute Gasteiger partial charge is 0.281 e. The molecule has 14 heavy (non-hydrogen) atoms. The van der Waals surface area contributed by atoms with E-state index in [1.807, 2.05) is 6.92 Å². The van der Waals surface area contributed by atoms with Gasteiger partial charge in [0.25, 0.3) is 10.2 Å². The van der Waals surface area contributed by atoms with Crippen LogP contribution in [0.5, 0.6) is 0 Å². The Hall–Kier alpha value is -0.170. The van der Waals surface area contributed by atoms with E-state index in [0.29, 0.717) is 6.54 Å². The van der Waals surface area contributed by atoms with Gasteiger partial charge in [-0.05, 0) is 13.0 Å². The van der Waals surface area contributed by atoms with Crippen molar-refractivity contribution in [2.45, 2.75) is 19.4 Å². The Labute approximate surface area is 86.3 Å². The van der Waals surface area contributed by atoms with Crippen LogP contribution in [-0.4, -0.2) is 56.8 Å². The Morgan fingerprint density at radius 1 is 1.43 bits per heavy atom. The van der Waals surface area contributed by atoms with Crippen molar-refractivity contribution in [3.8, 4) is 0 Å². The summed E-state index contributed by atoms with van der Waals surface area (Å²) in [6, 6.07) is 0.118. The van der Waals surface area contributed by atoms with Crippen LogP contribution >= 0.6 is 0 Å². The van der Waals surface area contributed by atoms with Gasteiger partial charge in [0, 0.05) is 33.2 Å². The lowest BCUT2D eigenvalue weighted by Crippen LogP contribution is -2.46. The first-order valence-electron chi connectivity index (χ1n) is 4.90. The summed E-state index contributed by atoms with van der Waals surface area (Å²) >= 11 is 0. The van der Waals surface area contributed by atoms with Gasteiger partial charge in [-0.2, -0.15) is 17.0 Å². The molecule has 1 aliphatic heterocycles. The van der Waals surface area contributed by atoms with Crippen molar-refractivity contribution in [3.63, 3.8) is 0 Å². The van der Waals surface area contributed by atoms with Gasteiger partial charge in [-0.3, -0.25) is 0 Å². The van der Waals surface area contributed by atoms with E-state index in [0.717, 1.165) is 19.5 Å². The Bertz CT molecular complexity index is 270. The molecule has 1 aliphatic rings. The molecule has 0 aromatic carbocycles. The first-order chi connectivity index (χ1) is 6.50. The van der Waals surface area contributed by atoms with Crippen LogP contribution in [0.15, 0.2) is 0 Å². The van der Waals surface area contributed by atoms with E-state index in [1.54, 1.807) is 18.4 Å². The van der Waals surface area contributed by atoms with E-state index in [1.165, 1.54) is 4.31 Å². The second kappa shape index (κ2) is 4.57. The minimum Gasteiger partial charge on any atom is -0.315 e. The molecule has 1 saturated heterocycles. The van der Waals surface area contributed by atoms with Gasteiger partial charge >= 0.3 is 0 Å². The number of nitrogens with one attached hydrogen (secondary N) is 1. The SMILES string of the molecule is CCN(C1CCNC1)S(=O)(=O)N(C)C. The molecule has 0 radical (unpaired) electrons. The summed E-state index contributed by atoms with van der Waals surface area (Å²) < 4.78 is 26.6. The Balaban J connectivity index is 2.80. The van der Waals surface area contributed by atoms with Gasteiger partial charge in [0.1, 0.15) is 0 Å². The van der Waals surface area contributed by atoms with E-state index in [4.69, 9.17) is 0 Å². The standard InChI is InChI=1S/C8H19N3O2S/c1-4-11(8-5-6-9-7-8)14(12,13)10(2)3/h8-9H,4-7H2,1-3H3. The van der Waals surface area contributed by atoms with Crippen LogP contribution in [0.3, 0.4) is 0 Å². The van der Waals surface area contributed by atoms with E-state index in [-0.39, 0.29) is 6.04 Å². The molecule has 1 rings (SSSR count).